The van der Waals surface area contributed by atoms with E-state index in [-0.39, 0.29) is 31.8 Å². The number of unbranched alkanes of at least 4 members (excludes halogenated alkanes) is 1. The van der Waals surface area contributed by atoms with Crippen molar-refractivity contribution in [3.05, 3.63) is 29.3 Å². The van der Waals surface area contributed by atoms with E-state index in [1.807, 2.05) is 0 Å². The van der Waals surface area contributed by atoms with Gasteiger partial charge in [0, 0.05) is 0 Å². The van der Waals surface area contributed by atoms with E-state index in [4.69, 9.17) is 15.0 Å². The summed E-state index contributed by atoms with van der Waals surface area (Å²) in [6.07, 6.45) is 3.51. The number of hydrogen-bond donors (Lipinski definition) is 2. The molecule has 0 fully saturated rings. The topological polar surface area (TPSA) is 81.8 Å². The number of aliphatic hydroxyl groups is 1. The Morgan fingerprint density at radius 3 is 2.48 bits per heavy atom. The summed E-state index contributed by atoms with van der Waals surface area (Å²) in [6.45, 7) is 1.83. The standard InChI is InChI=1S/C23H36F3NO4P.In/c1-3-5-8-18(7-4-2)9-6-14-30-21-11-10-19(15-20(21)23(24,25)26)12-13-22(27,16-28)17-31-32-29;/h10-11,15,18,28H,2-9,12-14,16-17,27H2,1H3;. The van der Waals surface area contributed by atoms with Crippen molar-refractivity contribution in [3.8, 4) is 5.75 Å². The first kappa shape index (κ1) is 30.7. The summed E-state index contributed by atoms with van der Waals surface area (Å²) in [5, 5.41) is 9.46. The predicted molar refractivity (Wildman–Crippen MR) is 125 cm³/mol. The van der Waals surface area contributed by atoms with Gasteiger partial charge in [0.05, 0.1) is 18.8 Å². The summed E-state index contributed by atoms with van der Waals surface area (Å²) in [4.78, 5) is 0. The maximum atomic E-state index is 13.7. The van der Waals surface area contributed by atoms with E-state index in [0.717, 1.165) is 25.3 Å². The predicted octanol–water partition coefficient (Wildman–Crippen LogP) is 5.88. The SMILES string of the molecule is CCCCC(CC[CH2][In])CCCOc1ccc(CCC(N)(CO)COP=O)cc1C(F)(F)F. The fourth-order valence-corrected chi connectivity index (χ4v) is 4.69. The minimum absolute atomic E-state index is 0.162. The van der Waals surface area contributed by atoms with Crippen LogP contribution in [0.4, 0.5) is 13.2 Å². The Morgan fingerprint density at radius 2 is 1.88 bits per heavy atom. The average molecular weight is 593 g/mol. The van der Waals surface area contributed by atoms with Gasteiger partial charge >= 0.3 is 161 Å². The number of alkyl halides is 3. The molecule has 1 aromatic carbocycles. The molecule has 0 aliphatic rings. The molecular formula is C23H36F3InNO4P. The van der Waals surface area contributed by atoms with E-state index in [0.29, 0.717) is 11.5 Å². The zero-order valence-corrected chi connectivity index (χ0v) is 23.6. The molecule has 1 rings (SSSR count). The Balaban J connectivity index is 2.74. The average Bonchev–Trinajstić information content (AvgIpc) is 2.80. The maximum absolute atomic E-state index is 13.7. The molecule has 0 amide bonds. The molecule has 186 valence electrons. The van der Waals surface area contributed by atoms with Gasteiger partial charge in [-0.05, 0) is 12.8 Å². The van der Waals surface area contributed by atoms with Gasteiger partial charge in [-0.15, -0.1) is 0 Å². The summed E-state index contributed by atoms with van der Waals surface area (Å²) in [5.74, 6) is 0.462. The molecule has 2 atom stereocenters. The second kappa shape index (κ2) is 16.4. The van der Waals surface area contributed by atoms with Crippen LogP contribution in [0.5, 0.6) is 5.75 Å². The van der Waals surface area contributed by atoms with E-state index >= 15 is 0 Å². The fraction of sp³-hybridized carbons (Fsp3) is 0.739. The number of hydrogen-bond acceptors (Lipinski definition) is 5. The minimum atomic E-state index is -4.54. The van der Waals surface area contributed by atoms with Crippen molar-refractivity contribution < 1.29 is 32.1 Å². The van der Waals surface area contributed by atoms with Gasteiger partial charge in [0.1, 0.15) is 0 Å². The molecule has 10 heteroatoms. The number of aryl methyl sites for hydroxylation is 1. The second-order valence-electron chi connectivity index (χ2n) is 8.63. The van der Waals surface area contributed by atoms with Gasteiger partial charge in [-0.2, -0.15) is 0 Å². The van der Waals surface area contributed by atoms with Crippen molar-refractivity contribution in [1.29, 1.82) is 0 Å². The molecular weight excluding hydrogens is 557 g/mol. The Bertz CT molecular complexity index is 688. The quantitative estimate of drug-likeness (QED) is 0.164. The van der Waals surface area contributed by atoms with E-state index in [1.54, 1.807) is 6.07 Å². The summed E-state index contributed by atoms with van der Waals surface area (Å²) in [7, 11) is -0.564. The van der Waals surface area contributed by atoms with Crippen molar-refractivity contribution in [2.45, 2.75) is 80.6 Å². The summed E-state index contributed by atoms with van der Waals surface area (Å²) in [5.41, 5.74) is 4.43. The van der Waals surface area contributed by atoms with Gasteiger partial charge in [-0.1, -0.05) is 0 Å². The molecule has 0 heterocycles. The van der Waals surface area contributed by atoms with E-state index in [1.165, 1.54) is 60.3 Å². The number of halogens is 3. The number of benzene rings is 1. The van der Waals surface area contributed by atoms with Crippen LogP contribution in [0, 0.1) is 5.92 Å². The number of nitrogens with two attached hydrogens (primary N) is 1. The van der Waals surface area contributed by atoms with E-state index in [2.05, 4.69) is 6.92 Å². The second-order valence-corrected chi connectivity index (χ2v) is 10.7. The molecule has 0 spiro atoms. The third kappa shape index (κ3) is 12.3. The Hall–Kier alpha value is -0.340. The molecule has 0 saturated carbocycles. The zero-order chi connectivity index (χ0) is 24.7. The van der Waals surface area contributed by atoms with E-state index < -0.39 is 32.6 Å². The van der Waals surface area contributed by atoms with Gasteiger partial charge < -0.3 is 10.8 Å². The molecule has 0 aliphatic carbocycles. The molecule has 1 aromatic rings. The van der Waals surface area contributed by atoms with Gasteiger partial charge in [-0.3, -0.25) is 4.52 Å². The first-order valence-corrected chi connectivity index (χ1v) is 14.6. The molecule has 2 unspecified atom stereocenters. The molecule has 0 bridgehead atoms. The van der Waals surface area contributed by atoms with Crippen LogP contribution in [0.3, 0.4) is 0 Å². The molecule has 3 N–H and O–H groups in total. The van der Waals surface area contributed by atoms with Crippen molar-refractivity contribution in [1.82, 2.24) is 0 Å². The van der Waals surface area contributed by atoms with Crippen LogP contribution in [-0.4, -0.2) is 54.8 Å². The number of rotatable bonds is 18. The van der Waals surface area contributed by atoms with Crippen molar-refractivity contribution in [2.75, 3.05) is 19.8 Å². The van der Waals surface area contributed by atoms with Crippen LogP contribution in [-0.2, 0) is 21.7 Å². The molecule has 0 saturated heterocycles. The normalized spacial score (nSPS) is 14.8. The van der Waals surface area contributed by atoms with Gasteiger partial charge in [0.25, 0.3) is 0 Å². The van der Waals surface area contributed by atoms with Crippen LogP contribution in [0.1, 0.15) is 69.4 Å². The van der Waals surface area contributed by atoms with Crippen molar-refractivity contribution in [3.63, 3.8) is 0 Å². The van der Waals surface area contributed by atoms with Crippen LogP contribution in [0.15, 0.2) is 18.2 Å². The Labute approximate surface area is 211 Å². The molecule has 0 aliphatic heterocycles. The first-order chi connectivity index (χ1) is 15.7. The Morgan fingerprint density at radius 1 is 1.18 bits per heavy atom. The van der Waals surface area contributed by atoms with Crippen LogP contribution >= 0.6 is 8.69 Å². The van der Waals surface area contributed by atoms with Crippen LogP contribution in [0.2, 0.25) is 4.18 Å². The fourth-order valence-electron chi connectivity index (χ4n) is 3.71. The van der Waals surface area contributed by atoms with Crippen molar-refractivity contribution in [2.24, 2.45) is 11.7 Å². The van der Waals surface area contributed by atoms with Crippen LogP contribution < -0.4 is 10.5 Å². The molecule has 33 heavy (non-hydrogen) atoms. The zero-order valence-electron chi connectivity index (χ0n) is 19.4. The summed E-state index contributed by atoms with van der Waals surface area (Å²) in [6, 6.07) is 4.02. The molecule has 0 aromatic heterocycles. The third-order valence-electron chi connectivity index (χ3n) is 5.78. The third-order valence-corrected chi connectivity index (χ3v) is 7.18. The van der Waals surface area contributed by atoms with Gasteiger partial charge in [-0.25, -0.2) is 4.57 Å². The van der Waals surface area contributed by atoms with Gasteiger partial charge in [0.2, 0.25) is 0 Å². The number of aliphatic hydroxyl groups excluding tert-OH is 1. The van der Waals surface area contributed by atoms with Crippen molar-refractivity contribution >= 4 is 33.1 Å². The summed E-state index contributed by atoms with van der Waals surface area (Å²) >= 11 is 1.27. The van der Waals surface area contributed by atoms with Crippen LogP contribution in [0.25, 0.3) is 0 Å². The molecule has 2 radical (unpaired) electrons. The van der Waals surface area contributed by atoms with Gasteiger partial charge in [0.15, 0.2) is 0 Å². The molecule has 5 nitrogen and oxygen atoms in total. The monoisotopic (exact) mass is 593 g/mol. The Kier molecular flexibility index (Phi) is 15.2. The first-order valence-electron chi connectivity index (χ1n) is 11.6. The number of ether oxygens (including phenoxy) is 1. The van der Waals surface area contributed by atoms with E-state index in [9.17, 15) is 22.8 Å². The summed E-state index contributed by atoms with van der Waals surface area (Å²) < 4.78 is 63.0.